The first kappa shape index (κ1) is 25.2. The maximum absolute atomic E-state index is 13.8. The van der Waals surface area contributed by atoms with Crippen LogP contribution in [0.5, 0.6) is 0 Å². The number of rotatable bonds is 4. The molecule has 2 aromatic carbocycles. The van der Waals surface area contributed by atoms with Gasteiger partial charge in [0.15, 0.2) is 0 Å². The molecule has 7 rings (SSSR count). The van der Waals surface area contributed by atoms with Crippen molar-refractivity contribution in [2.45, 2.75) is 73.6 Å². The zero-order valence-corrected chi connectivity index (χ0v) is 25.6. The molecule has 0 fully saturated rings. The Labute approximate surface area is 239 Å². The second-order valence-electron chi connectivity index (χ2n) is 12.9. The molecule has 4 aromatic rings. The molecule has 0 bridgehead atoms. The Bertz CT molecular complexity index is 1660. The van der Waals surface area contributed by atoms with Crippen LogP contribution in [-0.2, 0) is 5.41 Å². The lowest BCUT2D eigenvalue weighted by Gasteiger charge is -2.36. The Hall–Kier alpha value is -2.82. The summed E-state index contributed by atoms with van der Waals surface area (Å²) in [6.07, 6.45) is 2.00. The van der Waals surface area contributed by atoms with E-state index in [0.717, 1.165) is 44.8 Å². The van der Waals surface area contributed by atoms with E-state index >= 15 is 0 Å². The Balaban J connectivity index is 1.60. The third-order valence-electron chi connectivity index (χ3n) is 9.20. The van der Waals surface area contributed by atoms with E-state index in [1.165, 1.54) is 54.3 Å². The molecule has 2 heterocycles. The van der Waals surface area contributed by atoms with Crippen molar-refractivity contribution in [3.63, 3.8) is 0 Å². The van der Waals surface area contributed by atoms with Gasteiger partial charge in [-0.3, -0.25) is 9.59 Å². The van der Waals surface area contributed by atoms with E-state index in [2.05, 4.69) is 79.7 Å². The topological polar surface area (TPSA) is 34.1 Å². The van der Waals surface area contributed by atoms with Gasteiger partial charge in [0, 0.05) is 27.7 Å². The number of ketones is 2. The second-order valence-corrected chi connectivity index (χ2v) is 15.0. The predicted octanol–water partition coefficient (Wildman–Crippen LogP) is 9.82. The Morgan fingerprint density at radius 1 is 0.564 bits per heavy atom. The zero-order chi connectivity index (χ0) is 27.7. The number of hydrogen-bond donors (Lipinski definition) is 0. The van der Waals surface area contributed by atoms with Crippen LogP contribution in [-0.4, -0.2) is 11.6 Å². The number of carbonyl (C=O) groups excluding carboxylic acids is 2. The molecule has 4 heteroatoms. The minimum Gasteiger partial charge on any atom is -0.288 e. The van der Waals surface area contributed by atoms with Gasteiger partial charge in [0.1, 0.15) is 0 Å². The van der Waals surface area contributed by atoms with Crippen molar-refractivity contribution < 1.29 is 9.59 Å². The highest BCUT2D eigenvalue weighted by Crippen LogP contribution is 2.68. The molecular weight excluding hydrogens is 517 g/mol. The molecule has 3 aliphatic carbocycles. The van der Waals surface area contributed by atoms with Gasteiger partial charge in [0.05, 0.1) is 19.5 Å². The first-order valence-corrected chi connectivity index (χ1v) is 15.8. The van der Waals surface area contributed by atoms with Crippen LogP contribution in [0.3, 0.4) is 0 Å². The van der Waals surface area contributed by atoms with E-state index in [9.17, 15) is 9.59 Å². The summed E-state index contributed by atoms with van der Waals surface area (Å²) >= 11 is 3.36. The van der Waals surface area contributed by atoms with Gasteiger partial charge in [-0.1, -0.05) is 39.8 Å². The SMILES string of the molecule is Cc1cc2c(cc1C)-c1c(sc3c1C(CC(C)C)(CC(C)C)c1c-3sc3c1-c1cc(C)c(C)cc1C3=O)C2=O. The number of carbonyl (C=O) groups is 2. The average Bonchev–Trinajstić information content (AvgIpc) is 3.59. The molecule has 0 saturated heterocycles. The van der Waals surface area contributed by atoms with Crippen molar-refractivity contribution in [1.82, 2.24) is 0 Å². The third-order valence-corrected chi connectivity index (χ3v) is 11.7. The van der Waals surface area contributed by atoms with Gasteiger partial charge in [-0.15, -0.1) is 22.7 Å². The summed E-state index contributed by atoms with van der Waals surface area (Å²) in [5.41, 5.74) is 13.6. The van der Waals surface area contributed by atoms with Crippen molar-refractivity contribution >= 4 is 34.2 Å². The fourth-order valence-electron chi connectivity index (χ4n) is 7.61. The summed E-state index contributed by atoms with van der Waals surface area (Å²) in [6, 6.07) is 8.69. The molecule has 0 aliphatic heterocycles. The van der Waals surface area contributed by atoms with E-state index in [1.54, 1.807) is 22.7 Å². The number of hydrogen-bond acceptors (Lipinski definition) is 4. The number of thiophene rings is 2. The molecule has 2 nitrogen and oxygen atoms in total. The molecule has 0 radical (unpaired) electrons. The third kappa shape index (κ3) is 3.13. The fraction of sp³-hybridized carbons (Fsp3) is 0.371. The highest BCUT2D eigenvalue weighted by Gasteiger charge is 2.54. The van der Waals surface area contributed by atoms with E-state index in [4.69, 9.17) is 0 Å². The smallest absolute Gasteiger partial charge is 0.204 e. The van der Waals surface area contributed by atoms with E-state index in [0.29, 0.717) is 11.8 Å². The lowest BCUT2D eigenvalue weighted by Crippen LogP contribution is -2.30. The fourth-order valence-corrected chi connectivity index (χ4v) is 10.5. The van der Waals surface area contributed by atoms with E-state index < -0.39 is 0 Å². The predicted molar refractivity (Wildman–Crippen MR) is 164 cm³/mol. The zero-order valence-electron chi connectivity index (χ0n) is 24.0. The van der Waals surface area contributed by atoms with Crippen LogP contribution >= 0.6 is 22.7 Å². The molecule has 0 spiro atoms. The first-order valence-electron chi connectivity index (χ1n) is 14.1. The highest BCUT2D eigenvalue weighted by molar-refractivity contribution is 7.25. The van der Waals surface area contributed by atoms with Gasteiger partial charge in [-0.2, -0.15) is 0 Å². The molecule has 0 amide bonds. The van der Waals surface area contributed by atoms with Crippen molar-refractivity contribution in [3.05, 3.63) is 78.5 Å². The lowest BCUT2D eigenvalue weighted by atomic mass is 9.66. The molecule has 0 saturated carbocycles. The monoisotopic (exact) mass is 550 g/mol. The van der Waals surface area contributed by atoms with Crippen LogP contribution in [0, 0.1) is 39.5 Å². The second kappa shape index (κ2) is 8.11. The average molecular weight is 551 g/mol. The van der Waals surface area contributed by atoms with Crippen LogP contribution in [0.1, 0.15) is 104 Å². The Morgan fingerprint density at radius 3 is 1.23 bits per heavy atom. The molecule has 3 aliphatic rings. The minimum absolute atomic E-state index is 0.170. The Kier molecular flexibility index (Phi) is 5.23. The number of aryl methyl sites for hydroxylation is 4. The van der Waals surface area contributed by atoms with Crippen molar-refractivity contribution in [3.8, 4) is 32.0 Å². The number of fused-ring (bicyclic) bond motifs is 11. The largest absolute Gasteiger partial charge is 0.288 e. The molecule has 0 unspecified atom stereocenters. The quantitative estimate of drug-likeness (QED) is 0.219. The van der Waals surface area contributed by atoms with Crippen molar-refractivity contribution in [2.24, 2.45) is 11.8 Å². The molecular formula is C35H34O2S2. The first-order chi connectivity index (χ1) is 18.4. The van der Waals surface area contributed by atoms with Gasteiger partial charge in [-0.05, 0) is 109 Å². The summed E-state index contributed by atoms with van der Waals surface area (Å²) in [5, 5.41) is 0. The highest BCUT2D eigenvalue weighted by atomic mass is 32.1. The van der Waals surface area contributed by atoms with E-state index in [1.807, 2.05) is 0 Å². The standard InChI is InChI=1S/C35H34O2S2/c1-15(2)13-35(14-16(3)4)27-25-21-9-17(5)19(7)11-23(21)29(36)31(25)38-33(27)34-28(35)26-22-10-18(6)20(8)12-24(22)30(37)32(26)39-34/h9-12,15-16H,13-14H2,1-8H3. The minimum atomic E-state index is -0.234. The lowest BCUT2D eigenvalue weighted by molar-refractivity contribution is 0.103. The Morgan fingerprint density at radius 2 is 0.897 bits per heavy atom. The summed E-state index contributed by atoms with van der Waals surface area (Å²) < 4.78 is 0. The summed E-state index contributed by atoms with van der Waals surface area (Å²) in [7, 11) is 0. The molecule has 0 atom stereocenters. The van der Waals surface area contributed by atoms with Gasteiger partial charge in [-0.25, -0.2) is 0 Å². The molecule has 2 aromatic heterocycles. The van der Waals surface area contributed by atoms with Crippen LogP contribution in [0.15, 0.2) is 24.3 Å². The molecule has 39 heavy (non-hydrogen) atoms. The van der Waals surface area contributed by atoms with E-state index in [-0.39, 0.29) is 17.0 Å². The van der Waals surface area contributed by atoms with Crippen LogP contribution < -0.4 is 0 Å². The van der Waals surface area contributed by atoms with Crippen molar-refractivity contribution in [2.75, 3.05) is 0 Å². The van der Waals surface area contributed by atoms with Crippen molar-refractivity contribution in [1.29, 1.82) is 0 Å². The summed E-state index contributed by atoms with van der Waals surface area (Å²) in [6.45, 7) is 17.8. The maximum atomic E-state index is 13.8. The summed E-state index contributed by atoms with van der Waals surface area (Å²) in [5.74, 6) is 1.26. The maximum Gasteiger partial charge on any atom is 0.204 e. The van der Waals surface area contributed by atoms with Gasteiger partial charge in [0.2, 0.25) is 11.6 Å². The summed E-state index contributed by atoms with van der Waals surface area (Å²) in [4.78, 5) is 31.9. The van der Waals surface area contributed by atoms with Crippen LogP contribution in [0.2, 0.25) is 0 Å². The van der Waals surface area contributed by atoms with Gasteiger partial charge >= 0.3 is 0 Å². The normalized spacial score (nSPS) is 15.6. The number of benzene rings is 2. The van der Waals surface area contributed by atoms with Crippen LogP contribution in [0.25, 0.3) is 32.0 Å². The molecule has 0 N–H and O–H groups in total. The van der Waals surface area contributed by atoms with Crippen LogP contribution in [0.4, 0.5) is 0 Å². The van der Waals surface area contributed by atoms with Gasteiger partial charge in [0.25, 0.3) is 0 Å². The van der Waals surface area contributed by atoms with Gasteiger partial charge < -0.3 is 0 Å². The molecule has 198 valence electrons.